The lowest BCUT2D eigenvalue weighted by Gasteiger charge is -2.45. The lowest BCUT2D eigenvalue weighted by molar-refractivity contribution is -0.149. The average Bonchev–Trinajstić information content (AvgIpc) is 2.65. The van der Waals surface area contributed by atoms with E-state index in [-0.39, 0.29) is 24.2 Å². The molecule has 1 saturated heterocycles. The number of aliphatic hydroxyl groups excluding tert-OH is 1. The van der Waals surface area contributed by atoms with E-state index in [1.807, 2.05) is 30.0 Å². The van der Waals surface area contributed by atoms with Gasteiger partial charge in [0.05, 0.1) is 12.6 Å². The number of ketones is 1. The second-order valence-electron chi connectivity index (χ2n) is 7.99. The zero-order valence-electron chi connectivity index (χ0n) is 16.2. The number of β-amino-alcohol motifs (C(OH)–C–C–N with tert-alkyl or cyclic N) is 1. The Labute approximate surface area is 166 Å². The summed E-state index contributed by atoms with van der Waals surface area (Å²) in [5, 5.41) is 10.6. The van der Waals surface area contributed by atoms with Gasteiger partial charge in [0.1, 0.15) is 5.54 Å². The Balaban J connectivity index is 1.85. The number of amides is 1. The first-order chi connectivity index (χ1) is 12.9. The van der Waals surface area contributed by atoms with Crippen LogP contribution >= 0.6 is 11.6 Å². The van der Waals surface area contributed by atoms with Crippen LogP contribution in [0.5, 0.6) is 0 Å². The van der Waals surface area contributed by atoms with Crippen LogP contribution in [-0.2, 0) is 15.1 Å². The van der Waals surface area contributed by atoms with Gasteiger partial charge in [-0.1, -0.05) is 36.7 Å². The molecule has 1 aliphatic carbocycles. The van der Waals surface area contributed by atoms with Gasteiger partial charge < -0.3 is 10.0 Å². The maximum absolute atomic E-state index is 13.1. The van der Waals surface area contributed by atoms with E-state index in [1.165, 1.54) is 0 Å². The van der Waals surface area contributed by atoms with Gasteiger partial charge in [-0.05, 0) is 44.2 Å². The number of piperidine rings is 1. The molecule has 1 aliphatic heterocycles. The lowest BCUT2D eigenvalue weighted by Crippen LogP contribution is -2.57. The first-order valence-corrected chi connectivity index (χ1v) is 10.2. The largest absolute Gasteiger partial charge is 0.392 e. The third-order valence-corrected chi connectivity index (χ3v) is 6.61. The van der Waals surface area contributed by atoms with Crippen LogP contribution in [0.15, 0.2) is 24.3 Å². The molecule has 0 radical (unpaired) electrons. The number of aliphatic hydroxyl groups is 1. The van der Waals surface area contributed by atoms with Crippen molar-refractivity contribution >= 4 is 23.3 Å². The second-order valence-corrected chi connectivity index (χ2v) is 8.40. The number of carbonyl (C=O) groups is 2. The standard InChI is InChI=1S/C21H29ClN2O3/c1-15-10-12-24(13-18(15)25)14-20(27)23(2)21(11-6-5-9-19(21)26)16-7-3-4-8-17(16)22/h3-4,7-8,15,18,25H,5-6,9-14H2,1-2H3. The zero-order valence-corrected chi connectivity index (χ0v) is 16.9. The molecule has 0 bridgehead atoms. The SMILES string of the molecule is CC1CCN(CC(=O)N(C)C2(c3ccccc3Cl)CCCCC2=O)CC1O. The van der Waals surface area contributed by atoms with Gasteiger partial charge in [0, 0.05) is 30.6 Å². The summed E-state index contributed by atoms with van der Waals surface area (Å²) in [4.78, 5) is 29.8. The Hall–Kier alpha value is -1.43. The van der Waals surface area contributed by atoms with Crippen LogP contribution in [0.4, 0.5) is 0 Å². The number of likely N-dealkylation sites (N-methyl/N-ethyl adjacent to an activating group) is 1. The number of rotatable bonds is 4. The van der Waals surface area contributed by atoms with E-state index < -0.39 is 11.6 Å². The van der Waals surface area contributed by atoms with E-state index in [4.69, 9.17) is 11.6 Å². The van der Waals surface area contributed by atoms with Crippen molar-refractivity contribution in [1.29, 1.82) is 0 Å². The van der Waals surface area contributed by atoms with Gasteiger partial charge in [0.15, 0.2) is 5.78 Å². The predicted molar refractivity (Wildman–Crippen MR) is 106 cm³/mol. The third kappa shape index (κ3) is 3.91. The topological polar surface area (TPSA) is 60.9 Å². The molecule has 3 unspecified atom stereocenters. The summed E-state index contributed by atoms with van der Waals surface area (Å²) < 4.78 is 0. The Morgan fingerprint density at radius 2 is 2.11 bits per heavy atom. The summed E-state index contributed by atoms with van der Waals surface area (Å²) in [6.45, 7) is 3.52. The van der Waals surface area contributed by atoms with Crippen LogP contribution in [0.2, 0.25) is 5.02 Å². The van der Waals surface area contributed by atoms with Gasteiger partial charge >= 0.3 is 0 Å². The summed E-state index contributed by atoms with van der Waals surface area (Å²) >= 11 is 6.45. The second kappa shape index (κ2) is 8.29. The van der Waals surface area contributed by atoms with E-state index in [0.29, 0.717) is 24.4 Å². The van der Waals surface area contributed by atoms with E-state index in [9.17, 15) is 14.7 Å². The minimum Gasteiger partial charge on any atom is -0.392 e. The monoisotopic (exact) mass is 392 g/mol. The molecule has 1 aromatic carbocycles. The molecule has 0 spiro atoms. The molecule has 148 valence electrons. The van der Waals surface area contributed by atoms with Gasteiger partial charge in [-0.2, -0.15) is 0 Å². The smallest absolute Gasteiger partial charge is 0.237 e. The van der Waals surface area contributed by atoms with Crippen LogP contribution in [0.1, 0.15) is 44.6 Å². The van der Waals surface area contributed by atoms with Crippen molar-refractivity contribution in [1.82, 2.24) is 9.80 Å². The molecule has 5 nitrogen and oxygen atoms in total. The summed E-state index contributed by atoms with van der Waals surface area (Å²) in [5.41, 5.74) is -0.269. The maximum atomic E-state index is 13.1. The molecule has 3 rings (SSSR count). The van der Waals surface area contributed by atoms with Crippen molar-refractivity contribution in [2.24, 2.45) is 5.92 Å². The van der Waals surface area contributed by atoms with Crippen molar-refractivity contribution < 1.29 is 14.7 Å². The van der Waals surface area contributed by atoms with E-state index in [1.54, 1.807) is 18.0 Å². The van der Waals surface area contributed by atoms with Crippen molar-refractivity contribution in [3.63, 3.8) is 0 Å². The normalized spacial score (nSPS) is 29.6. The van der Waals surface area contributed by atoms with Crippen molar-refractivity contribution in [2.75, 3.05) is 26.7 Å². The highest BCUT2D eigenvalue weighted by molar-refractivity contribution is 6.31. The molecular formula is C21H29ClN2O3. The quantitative estimate of drug-likeness (QED) is 0.855. The van der Waals surface area contributed by atoms with Crippen molar-refractivity contribution in [2.45, 2.75) is 50.7 Å². The number of Topliss-reactive ketones (excluding diaryl/α,β-unsaturated/α-hetero) is 1. The molecule has 1 amide bonds. The molecular weight excluding hydrogens is 364 g/mol. The minimum absolute atomic E-state index is 0.0602. The van der Waals surface area contributed by atoms with Crippen molar-refractivity contribution in [3.8, 4) is 0 Å². The summed E-state index contributed by atoms with van der Waals surface area (Å²) in [7, 11) is 1.72. The number of benzene rings is 1. The van der Waals surface area contributed by atoms with Crippen molar-refractivity contribution in [3.05, 3.63) is 34.9 Å². The predicted octanol–water partition coefficient (Wildman–Crippen LogP) is 2.84. The first-order valence-electron chi connectivity index (χ1n) is 9.81. The first kappa shape index (κ1) is 20.3. The Bertz CT molecular complexity index is 710. The molecule has 2 aliphatic rings. The molecule has 2 fully saturated rings. The number of nitrogens with zero attached hydrogens (tertiary/aromatic N) is 2. The fourth-order valence-corrected chi connectivity index (χ4v) is 4.69. The Kier molecular flexibility index (Phi) is 6.24. The van der Waals surface area contributed by atoms with Gasteiger partial charge in [-0.25, -0.2) is 0 Å². The van der Waals surface area contributed by atoms with Crippen LogP contribution in [-0.4, -0.2) is 59.4 Å². The van der Waals surface area contributed by atoms with Gasteiger partial charge in [-0.3, -0.25) is 14.5 Å². The van der Waals surface area contributed by atoms with E-state index >= 15 is 0 Å². The van der Waals surface area contributed by atoms with Crippen LogP contribution in [0.3, 0.4) is 0 Å². The highest BCUT2D eigenvalue weighted by Gasteiger charge is 2.48. The number of halogens is 1. The number of hydrogen-bond acceptors (Lipinski definition) is 4. The summed E-state index contributed by atoms with van der Waals surface area (Å²) in [5.74, 6) is 0.209. The molecule has 0 aromatic heterocycles. The fourth-order valence-electron chi connectivity index (χ4n) is 4.40. The van der Waals surface area contributed by atoms with Gasteiger partial charge in [-0.15, -0.1) is 0 Å². The molecule has 6 heteroatoms. The highest BCUT2D eigenvalue weighted by Crippen LogP contribution is 2.42. The summed E-state index contributed by atoms with van der Waals surface area (Å²) in [6.07, 6.45) is 3.25. The van der Waals surface area contributed by atoms with E-state index in [2.05, 4.69) is 0 Å². The van der Waals surface area contributed by atoms with Gasteiger partial charge in [0.2, 0.25) is 5.91 Å². The Morgan fingerprint density at radius 1 is 1.37 bits per heavy atom. The third-order valence-electron chi connectivity index (χ3n) is 6.28. The lowest BCUT2D eigenvalue weighted by atomic mass is 9.74. The van der Waals surface area contributed by atoms with Crippen LogP contribution in [0.25, 0.3) is 0 Å². The van der Waals surface area contributed by atoms with E-state index in [0.717, 1.165) is 31.4 Å². The Morgan fingerprint density at radius 3 is 2.78 bits per heavy atom. The fraction of sp³-hybridized carbons (Fsp3) is 0.619. The molecule has 1 aromatic rings. The highest BCUT2D eigenvalue weighted by atomic mass is 35.5. The van der Waals surface area contributed by atoms with Crippen LogP contribution in [0, 0.1) is 5.92 Å². The molecule has 27 heavy (non-hydrogen) atoms. The number of carbonyl (C=O) groups excluding carboxylic acids is 2. The van der Waals surface area contributed by atoms with Crippen LogP contribution < -0.4 is 0 Å². The summed E-state index contributed by atoms with van der Waals surface area (Å²) in [6, 6.07) is 7.35. The molecule has 3 atom stereocenters. The minimum atomic E-state index is -0.991. The maximum Gasteiger partial charge on any atom is 0.237 e. The molecule has 1 N–H and O–H groups in total. The zero-order chi connectivity index (χ0) is 19.6. The average molecular weight is 393 g/mol. The molecule has 1 heterocycles. The number of hydrogen-bond donors (Lipinski definition) is 1. The number of likely N-dealkylation sites (tertiary alicyclic amines) is 1. The molecule has 1 saturated carbocycles. The van der Waals surface area contributed by atoms with Gasteiger partial charge in [0.25, 0.3) is 0 Å².